The summed E-state index contributed by atoms with van der Waals surface area (Å²) in [7, 11) is -1.58. The Bertz CT molecular complexity index is 1190. The standard InChI is InChI=1S/C23H28N4O4S.ClH/c1-16(17-7-5-4-6-8-17)26-23-19-13-22(21(30-2)14-20(19)24-15-25-23)31-18-9-11-27(12-10-18)32(3,28)29;/h4-8,13-16,18H,9-12H2,1-3H3,(H,24,25,26);1H/t16-;/m1./s1. The van der Waals surface area contributed by atoms with Crippen LogP contribution < -0.4 is 14.8 Å². The van der Waals surface area contributed by atoms with E-state index >= 15 is 0 Å². The molecule has 1 aliphatic rings. The van der Waals surface area contributed by atoms with Crippen molar-refractivity contribution < 1.29 is 17.9 Å². The van der Waals surface area contributed by atoms with Gasteiger partial charge in [-0.2, -0.15) is 0 Å². The molecule has 8 nitrogen and oxygen atoms in total. The highest BCUT2D eigenvalue weighted by molar-refractivity contribution is 7.88. The number of rotatable bonds is 7. The van der Waals surface area contributed by atoms with Crippen molar-refractivity contribution in [1.29, 1.82) is 0 Å². The van der Waals surface area contributed by atoms with Gasteiger partial charge in [-0.1, -0.05) is 30.3 Å². The molecule has 0 radical (unpaired) electrons. The molecule has 0 bridgehead atoms. The Morgan fingerprint density at radius 3 is 2.42 bits per heavy atom. The third kappa shape index (κ3) is 5.85. The number of benzene rings is 2. The third-order valence-corrected chi connectivity index (χ3v) is 7.04. The van der Waals surface area contributed by atoms with E-state index in [1.807, 2.05) is 30.3 Å². The molecule has 4 rings (SSSR count). The normalized spacial score (nSPS) is 16.1. The second-order valence-electron chi connectivity index (χ2n) is 8.00. The van der Waals surface area contributed by atoms with Crippen LogP contribution in [-0.2, 0) is 10.0 Å². The van der Waals surface area contributed by atoms with Gasteiger partial charge in [-0.25, -0.2) is 22.7 Å². The number of nitrogens with zero attached hydrogens (tertiary/aromatic N) is 3. The molecule has 2 heterocycles. The SMILES string of the molecule is COc1cc2ncnc(N[C@H](C)c3ccccc3)c2cc1OC1CCN(S(C)(=O)=O)CC1.Cl. The lowest BCUT2D eigenvalue weighted by atomic mass is 10.1. The molecular formula is C23H29ClN4O4S. The summed E-state index contributed by atoms with van der Waals surface area (Å²) >= 11 is 0. The Morgan fingerprint density at radius 2 is 1.79 bits per heavy atom. The van der Waals surface area contributed by atoms with Crippen molar-refractivity contribution in [3.63, 3.8) is 0 Å². The van der Waals surface area contributed by atoms with Gasteiger partial charge in [0.1, 0.15) is 18.2 Å². The Kier molecular flexibility index (Phi) is 7.99. The number of hydrogen-bond donors (Lipinski definition) is 1. The summed E-state index contributed by atoms with van der Waals surface area (Å²) in [4.78, 5) is 8.86. The zero-order chi connectivity index (χ0) is 22.7. The average molecular weight is 493 g/mol. The molecule has 0 saturated carbocycles. The van der Waals surface area contributed by atoms with Crippen molar-refractivity contribution in [1.82, 2.24) is 14.3 Å². The minimum absolute atomic E-state index is 0. The van der Waals surface area contributed by atoms with E-state index in [2.05, 4.69) is 34.3 Å². The molecule has 1 aliphatic heterocycles. The van der Waals surface area contributed by atoms with Crippen LogP contribution in [0.1, 0.15) is 31.4 Å². The van der Waals surface area contributed by atoms with Crippen LogP contribution in [0.25, 0.3) is 10.9 Å². The molecule has 33 heavy (non-hydrogen) atoms. The first kappa shape index (κ1) is 25.0. The Balaban J connectivity index is 0.00000306. The molecule has 1 aromatic heterocycles. The Hall–Kier alpha value is -2.62. The van der Waals surface area contributed by atoms with Gasteiger partial charge in [-0.05, 0) is 31.4 Å². The van der Waals surface area contributed by atoms with Gasteiger partial charge in [-0.3, -0.25) is 0 Å². The molecule has 0 amide bonds. The number of aromatic nitrogens is 2. The summed E-state index contributed by atoms with van der Waals surface area (Å²) in [6.45, 7) is 2.98. The van der Waals surface area contributed by atoms with Crippen molar-refractivity contribution in [2.75, 3.05) is 31.8 Å². The van der Waals surface area contributed by atoms with Gasteiger partial charge in [0, 0.05) is 30.6 Å². The van der Waals surface area contributed by atoms with Gasteiger partial charge in [0.15, 0.2) is 11.5 Å². The quantitative estimate of drug-likeness (QED) is 0.532. The summed E-state index contributed by atoms with van der Waals surface area (Å²) in [5.41, 5.74) is 1.90. The maximum Gasteiger partial charge on any atom is 0.211 e. The highest BCUT2D eigenvalue weighted by atomic mass is 35.5. The predicted molar refractivity (Wildman–Crippen MR) is 132 cm³/mol. The molecule has 10 heteroatoms. The summed E-state index contributed by atoms with van der Waals surface area (Å²) in [5.74, 6) is 1.90. The number of nitrogens with one attached hydrogen (secondary N) is 1. The maximum absolute atomic E-state index is 11.8. The molecular weight excluding hydrogens is 464 g/mol. The van der Waals surface area contributed by atoms with Crippen molar-refractivity contribution >= 4 is 39.2 Å². The molecule has 178 valence electrons. The summed E-state index contributed by atoms with van der Waals surface area (Å²) in [6, 6.07) is 14.0. The van der Waals surface area contributed by atoms with E-state index in [0.717, 1.165) is 16.5 Å². The minimum Gasteiger partial charge on any atom is -0.493 e. The van der Waals surface area contributed by atoms with Gasteiger partial charge >= 0.3 is 0 Å². The molecule has 0 spiro atoms. The monoisotopic (exact) mass is 492 g/mol. The number of anilines is 1. The highest BCUT2D eigenvalue weighted by Crippen LogP contribution is 2.36. The Labute approximate surface area is 200 Å². The lowest BCUT2D eigenvalue weighted by Crippen LogP contribution is -2.41. The lowest BCUT2D eigenvalue weighted by Gasteiger charge is -2.30. The van der Waals surface area contributed by atoms with Gasteiger partial charge in [-0.15, -0.1) is 12.4 Å². The van der Waals surface area contributed by atoms with Crippen LogP contribution >= 0.6 is 12.4 Å². The topological polar surface area (TPSA) is 93.7 Å². The lowest BCUT2D eigenvalue weighted by molar-refractivity contribution is 0.131. The van der Waals surface area contributed by atoms with E-state index in [-0.39, 0.29) is 24.6 Å². The molecule has 3 aromatic rings. The van der Waals surface area contributed by atoms with Crippen LogP contribution in [0.4, 0.5) is 5.82 Å². The molecule has 2 aromatic carbocycles. The number of hydrogen-bond acceptors (Lipinski definition) is 7. The van der Waals surface area contributed by atoms with Crippen LogP contribution in [0.15, 0.2) is 48.8 Å². The Morgan fingerprint density at radius 1 is 1.09 bits per heavy atom. The zero-order valence-corrected chi connectivity index (χ0v) is 20.5. The molecule has 1 atom stereocenters. The zero-order valence-electron chi connectivity index (χ0n) is 18.9. The summed E-state index contributed by atoms with van der Waals surface area (Å²) in [5, 5.41) is 4.30. The maximum atomic E-state index is 11.8. The second kappa shape index (κ2) is 10.5. The van der Waals surface area contributed by atoms with E-state index in [4.69, 9.17) is 9.47 Å². The van der Waals surface area contributed by atoms with Crippen LogP contribution in [0, 0.1) is 0 Å². The molecule has 1 saturated heterocycles. The van der Waals surface area contributed by atoms with E-state index in [1.54, 1.807) is 7.11 Å². The van der Waals surface area contributed by atoms with Crippen LogP contribution in [0.2, 0.25) is 0 Å². The predicted octanol–water partition coefficient (Wildman–Crippen LogP) is 4.04. The number of piperidine rings is 1. The average Bonchev–Trinajstić information content (AvgIpc) is 2.79. The first-order valence-corrected chi connectivity index (χ1v) is 12.5. The minimum atomic E-state index is -3.18. The fourth-order valence-corrected chi connectivity index (χ4v) is 4.80. The fraction of sp³-hybridized carbons (Fsp3) is 0.391. The van der Waals surface area contributed by atoms with E-state index < -0.39 is 10.0 Å². The van der Waals surface area contributed by atoms with Crippen LogP contribution in [-0.4, -0.2) is 55.3 Å². The largest absolute Gasteiger partial charge is 0.493 e. The smallest absolute Gasteiger partial charge is 0.211 e. The molecule has 0 unspecified atom stereocenters. The molecule has 1 fully saturated rings. The number of ether oxygens (including phenoxy) is 2. The first-order valence-electron chi connectivity index (χ1n) is 10.6. The van der Waals surface area contributed by atoms with Gasteiger partial charge in [0.2, 0.25) is 10.0 Å². The van der Waals surface area contributed by atoms with Gasteiger partial charge in [0.25, 0.3) is 0 Å². The van der Waals surface area contributed by atoms with E-state index in [1.165, 1.54) is 16.9 Å². The number of fused-ring (bicyclic) bond motifs is 1. The first-order chi connectivity index (χ1) is 15.3. The van der Waals surface area contributed by atoms with Crippen molar-refractivity contribution in [2.24, 2.45) is 0 Å². The van der Waals surface area contributed by atoms with E-state index in [9.17, 15) is 8.42 Å². The van der Waals surface area contributed by atoms with Crippen molar-refractivity contribution in [3.05, 3.63) is 54.4 Å². The highest BCUT2D eigenvalue weighted by Gasteiger charge is 2.27. The van der Waals surface area contributed by atoms with Gasteiger partial charge in [0.05, 0.1) is 18.9 Å². The van der Waals surface area contributed by atoms with Crippen LogP contribution in [0.3, 0.4) is 0 Å². The second-order valence-corrected chi connectivity index (χ2v) is 9.98. The molecule has 1 N–H and O–H groups in total. The van der Waals surface area contributed by atoms with Crippen molar-refractivity contribution in [2.45, 2.75) is 31.9 Å². The summed E-state index contributed by atoms with van der Waals surface area (Å²) in [6.07, 6.45) is 3.92. The number of methoxy groups -OCH3 is 1. The van der Waals surface area contributed by atoms with Crippen LogP contribution in [0.5, 0.6) is 11.5 Å². The summed E-state index contributed by atoms with van der Waals surface area (Å²) < 4.78 is 36.8. The van der Waals surface area contributed by atoms with Gasteiger partial charge < -0.3 is 14.8 Å². The molecule has 0 aliphatic carbocycles. The number of sulfonamides is 1. The van der Waals surface area contributed by atoms with Crippen molar-refractivity contribution in [3.8, 4) is 11.5 Å². The van der Waals surface area contributed by atoms with E-state index in [0.29, 0.717) is 43.2 Å². The fourth-order valence-electron chi connectivity index (χ4n) is 3.92. The number of halogens is 1. The third-order valence-electron chi connectivity index (χ3n) is 5.74.